The van der Waals surface area contributed by atoms with E-state index in [1.54, 1.807) is 0 Å². The van der Waals surface area contributed by atoms with Gasteiger partial charge in [-0.2, -0.15) is 5.10 Å². The van der Waals surface area contributed by atoms with Gasteiger partial charge in [0.05, 0.1) is 22.5 Å². The second-order valence-electron chi connectivity index (χ2n) is 4.04. The van der Waals surface area contributed by atoms with Crippen LogP contribution >= 0.6 is 11.6 Å². The van der Waals surface area contributed by atoms with Crippen LogP contribution in [0.4, 0.5) is 14.5 Å². The highest BCUT2D eigenvalue weighted by Crippen LogP contribution is 2.20. The fourth-order valence-electron chi connectivity index (χ4n) is 1.53. The molecule has 2 aromatic rings. The van der Waals surface area contributed by atoms with Crippen molar-refractivity contribution in [2.45, 2.75) is 0 Å². The average Bonchev–Trinajstić information content (AvgIpc) is 2.44. The van der Waals surface area contributed by atoms with Gasteiger partial charge in [-0.15, -0.1) is 0 Å². The highest BCUT2D eigenvalue weighted by atomic mass is 35.5. The first-order chi connectivity index (χ1) is 9.97. The Hall–Kier alpha value is -2.47. The predicted molar refractivity (Wildman–Crippen MR) is 76.0 cm³/mol. The molecule has 7 heteroatoms. The summed E-state index contributed by atoms with van der Waals surface area (Å²) in [5.74, 6) is -3.07. The Balaban J connectivity index is 2.12. The lowest BCUT2D eigenvalue weighted by Gasteiger charge is -2.03. The molecule has 21 heavy (non-hydrogen) atoms. The number of hydrazone groups is 1. The zero-order valence-corrected chi connectivity index (χ0v) is 11.2. The first-order valence-corrected chi connectivity index (χ1v) is 6.12. The number of carboxylic acids is 1. The van der Waals surface area contributed by atoms with Gasteiger partial charge in [-0.3, -0.25) is 5.43 Å². The van der Waals surface area contributed by atoms with Gasteiger partial charge in [-0.05, 0) is 35.9 Å². The van der Waals surface area contributed by atoms with E-state index in [0.717, 1.165) is 12.1 Å². The monoisotopic (exact) mass is 310 g/mol. The van der Waals surface area contributed by atoms with Crippen LogP contribution in [0.25, 0.3) is 0 Å². The number of carboxylic acid groups (broad SMARTS) is 1. The molecule has 0 radical (unpaired) electrons. The van der Waals surface area contributed by atoms with Gasteiger partial charge in [-0.1, -0.05) is 17.7 Å². The van der Waals surface area contributed by atoms with Gasteiger partial charge < -0.3 is 5.11 Å². The summed E-state index contributed by atoms with van der Waals surface area (Å²) in [6.07, 6.45) is 1.28. The molecule has 0 heterocycles. The number of hydrogen-bond acceptors (Lipinski definition) is 3. The van der Waals surface area contributed by atoms with E-state index in [1.807, 2.05) is 0 Å². The topological polar surface area (TPSA) is 61.7 Å². The second-order valence-corrected chi connectivity index (χ2v) is 4.45. The molecule has 108 valence electrons. The summed E-state index contributed by atoms with van der Waals surface area (Å²) in [6, 6.07) is 7.60. The van der Waals surface area contributed by atoms with Gasteiger partial charge in [0.15, 0.2) is 11.6 Å². The summed E-state index contributed by atoms with van der Waals surface area (Å²) in [4.78, 5) is 10.9. The molecule has 2 aromatic carbocycles. The number of aromatic carboxylic acids is 1. The maximum absolute atomic E-state index is 13.0. The molecule has 0 aliphatic rings. The number of hydrogen-bond donors (Lipinski definition) is 2. The third-order valence-electron chi connectivity index (χ3n) is 2.55. The molecule has 4 nitrogen and oxygen atoms in total. The summed E-state index contributed by atoms with van der Waals surface area (Å²) in [5.41, 5.74) is 3.27. The van der Waals surface area contributed by atoms with Crippen LogP contribution in [-0.2, 0) is 0 Å². The molecule has 2 rings (SSSR count). The standard InChI is InChI=1S/C14H9ClF2N2O2/c15-11-3-2-9(6-10(11)14(20)21)19-18-7-8-1-4-12(16)13(17)5-8/h1-7,19H,(H,20,21). The smallest absolute Gasteiger partial charge is 0.337 e. The minimum atomic E-state index is -1.16. The number of nitrogens with zero attached hydrogens (tertiary/aromatic N) is 1. The maximum Gasteiger partial charge on any atom is 0.337 e. The summed E-state index contributed by atoms with van der Waals surface area (Å²) in [6.45, 7) is 0. The molecule has 0 aliphatic carbocycles. The van der Waals surface area contributed by atoms with E-state index in [9.17, 15) is 13.6 Å². The van der Waals surface area contributed by atoms with Crippen molar-refractivity contribution in [2.75, 3.05) is 5.43 Å². The Morgan fingerprint density at radius 2 is 1.95 bits per heavy atom. The molecule has 0 bridgehead atoms. The molecule has 0 saturated carbocycles. The molecule has 0 aliphatic heterocycles. The van der Waals surface area contributed by atoms with Gasteiger partial charge >= 0.3 is 5.97 Å². The molecule has 2 N–H and O–H groups in total. The van der Waals surface area contributed by atoms with Crippen LogP contribution in [-0.4, -0.2) is 17.3 Å². The van der Waals surface area contributed by atoms with Crippen LogP contribution in [0, 0.1) is 11.6 Å². The lowest BCUT2D eigenvalue weighted by molar-refractivity contribution is 0.0697. The molecule has 0 saturated heterocycles. The predicted octanol–water partition coefficient (Wildman–Crippen LogP) is 3.76. The highest BCUT2D eigenvalue weighted by Gasteiger charge is 2.08. The van der Waals surface area contributed by atoms with Gasteiger partial charge in [-0.25, -0.2) is 13.6 Å². The molecule has 0 aromatic heterocycles. The van der Waals surface area contributed by atoms with Crippen LogP contribution in [0.1, 0.15) is 15.9 Å². The molecular weight excluding hydrogens is 302 g/mol. The number of nitrogens with one attached hydrogen (secondary N) is 1. The van der Waals surface area contributed by atoms with Gasteiger partial charge in [0, 0.05) is 0 Å². The van der Waals surface area contributed by atoms with Crippen molar-refractivity contribution < 1.29 is 18.7 Å². The largest absolute Gasteiger partial charge is 0.478 e. The minimum absolute atomic E-state index is 0.0651. The van der Waals surface area contributed by atoms with E-state index >= 15 is 0 Å². The minimum Gasteiger partial charge on any atom is -0.478 e. The Labute approximate surface area is 123 Å². The van der Waals surface area contributed by atoms with Crippen molar-refractivity contribution in [1.29, 1.82) is 0 Å². The zero-order valence-electron chi connectivity index (χ0n) is 10.5. The lowest BCUT2D eigenvalue weighted by atomic mass is 10.2. The number of benzene rings is 2. The normalized spacial score (nSPS) is 10.8. The van der Waals surface area contributed by atoms with E-state index in [1.165, 1.54) is 30.5 Å². The lowest BCUT2D eigenvalue weighted by Crippen LogP contribution is -1.99. The summed E-state index contributed by atoms with van der Waals surface area (Å²) < 4.78 is 25.7. The van der Waals surface area contributed by atoms with Crippen LogP contribution < -0.4 is 5.43 Å². The Morgan fingerprint density at radius 3 is 2.62 bits per heavy atom. The van der Waals surface area contributed by atoms with Crippen LogP contribution in [0.5, 0.6) is 0 Å². The van der Waals surface area contributed by atoms with Crippen molar-refractivity contribution in [3.8, 4) is 0 Å². The van der Waals surface area contributed by atoms with E-state index in [0.29, 0.717) is 11.3 Å². The molecule has 0 atom stereocenters. The summed E-state index contributed by atoms with van der Waals surface area (Å²) in [7, 11) is 0. The van der Waals surface area contributed by atoms with Gasteiger partial charge in [0.2, 0.25) is 0 Å². The summed E-state index contributed by atoms with van der Waals surface area (Å²) >= 11 is 5.73. The first kappa shape index (κ1) is 14.9. The van der Waals surface area contributed by atoms with E-state index in [2.05, 4.69) is 10.5 Å². The average molecular weight is 311 g/mol. The van der Waals surface area contributed by atoms with E-state index in [4.69, 9.17) is 16.7 Å². The third kappa shape index (κ3) is 3.76. The highest BCUT2D eigenvalue weighted by molar-refractivity contribution is 6.33. The van der Waals surface area contributed by atoms with Crippen LogP contribution in [0.2, 0.25) is 5.02 Å². The Kier molecular flexibility index (Phi) is 4.49. The zero-order chi connectivity index (χ0) is 15.4. The van der Waals surface area contributed by atoms with Crippen LogP contribution in [0.15, 0.2) is 41.5 Å². The van der Waals surface area contributed by atoms with Crippen molar-refractivity contribution in [3.05, 3.63) is 64.2 Å². The number of carbonyl (C=O) groups is 1. The van der Waals surface area contributed by atoms with E-state index < -0.39 is 17.6 Å². The molecular formula is C14H9ClF2N2O2. The first-order valence-electron chi connectivity index (χ1n) is 5.74. The molecule has 0 spiro atoms. The quantitative estimate of drug-likeness (QED) is 0.667. The van der Waals surface area contributed by atoms with Gasteiger partial charge in [0.1, 0.15) is 0 Å². The van der Waals surface area contributed by atoms with Crippen molar-refractivity contribution in [1.82, 2.24) is 0 Å². The Bertz CT molecular complexity index is 720. The summed E-state index contributed by atoms with van der Waals surface area (Å²) in [5, 5.41) is 12.8. The van der Waals surface area contributed by atoms with E-state index in [-0.39, 0.29) is 10.6 Å². The van der Waals surface area contributed by atoms with Crippen molar-refractivity contribution >= 4 is 29.5 Å². The fraction of sp³-hybridized carbons (Fsp3) is 0. The second kappa shape index (κ2) is 6.32. The molecule has 0 fully saturated rings. The number of halogens is 3. The number of rotatable bonds is 4. The molecule has 0 unspecified atom stereocenters. The number of anilines is 1. The van der Waals surface area contributed by atoms with Crippen molar-refractivity contribution in [2.24, 2.45) is 5.10 Å². The maximum atomic E-state index is 13.0. The fourth-order valence-corrected chi connectivity index (χ4v) is 1.73. The van der Waals surface area contributed by atoms with Gasteiger partial charge in [0.25, 0.3) is 0 Å². The Morgan fingerprint density at radius 1 is 1.19 bits per heavy atom. The van der Waals surface area contributed by atoms with Crippen molar-refractivity contribution in [3.63, 3.8) is 0 Å². The third-order valence-corrected chi connectivity index (χ3v) is 2.88. The van der Waals surface area contributed by atoms with Crippen LogP contribution in [0.3, 0.4) is 0 Å². The SMILES string of the molecule is O=C(O)c1cc(NN=Cc2ccc(F)c(F)c2)ccc1Cl. The molecule has 0 amide bonds.